The number of aryl methyl sites for hydroxylation is 1. The third-order valence-corrected chi connectivity index (χ3v) is 5.58. The summed E-state index contributed by atoms with van der Waals surface area (Å²) in [4.78, 5) is 15.4. The van der Waals surface area contributed by atoms with Crippen molar-refractivity contribution in [2.45, 2.75) is 58.0 Å². The Morgan fingerprint density at radius 1 is 1.34 bits per heavy atom. The number of aliphatic carboxylic acids is 1. The van der Waals surface area contributed by atoms with Gasteiger partial charge in [0.2, 0.25) is 0 Å². The average Bonchev–Trinajstić information content (AvgIpc) is 3.44. The highest BCUT2D eigenvalue weighted by Crippen LogP contribution is 2.33. The maximum Gasteiger partial charge on any atom is 0.303 e. The molecule has 0 atom stereocenters. The van der Waals surface area contributed by atoms with E-state index in [1.54, 1.807) is 6.20 Å². The number of carboxylic acid groups (broad SMARTS) is 1. The van der Waals surface area contributed by atoms with Crippen molar-refractivity contribution in [2.24, 2.45) is 0 Å². The number of rotatable bonds is 9. The summed E-state index contributed by atoms with van der Waals surface area (Å²) in [5, 5.41) is 18.2. The number of hydrogen-bond acceptors (Lipinski definition) is 4. The van der Waals surface area contributed by atoms with Gasteiger partial charge in [-0.2, -0.15) is 5.10 Å². The van der Waals surface area contributed by atoms with Gasteiger partial charge < -0.3 is 10.4 Å². The average molecular weight is 413 g/mol. The summed E-state index contributed by atoms with van der Waals surface area (Å²) in [7, 11) is 0. The molecule has 3 heterocycles. The van der Waals surface area contributed by atoms with E-state index in [-0.39, 0.29) is 6.42 Å². The second-order valence-corrected chi connectivity index (χ2v) is 8.01. The quantitative estimate of drug-likeness (QED) is 0.548. The summed E-state index contributed by atoms with van der Waals surface area (Å²) in [5.74, 6) is -0.779. The lowest BCUT2D eigenvalue weighted by atomic mass is 9.95. The van der Waals surface area contributed by atoms with E-state index >= 15 is 0 Å². The topological polar surface area (TPSA) is 79.5 Å². The Kier molecular flexibility index (Phi) is 5.83. The minimum atomic E-state index is -0.779. The van der Waals surface area contributed by atoms with Crippen LogP contribution in [0.1, 0.15) is 49.6 Å². The fraction of sp³-hybridized carbons (Fsp3) is 0.409. The van der Waals surface area contributed by atoms with E-state index in [2.05, 4.69) is 29.4 Å². The fourth-order valence-electron chi connectivity index (χ4n) is 3.75. The summed E-state index contributed by atoms with van der Waals surface area (Å²) in [6.07, 6.45) is 8.06. The molecule has 152 valence electrons. The first-order valence-corrected chi connectivity index (χ1v) is 10.5. The van der Waals surface area contributed by atoms with E-state index in [0.717, 1.165) is 40.0 Å². The Balaban J connectivity index is 1.87. The number of halogens is 1. The molecule has 1 saturated carbocycles. The fourth-order valence-corrected chi connectivity index (χ4v) is 3.93. The molecular weight excluding hydrogens is 388 g/mol. The number of aromatic nitrogens is 3. The molecule has 1 aliphatic rings. The lowest BCUT2D eigenvalue weighted by molar-refractivity contribution is -0.137. The van der Waals surface area contributed by atoms with Gasteiger partial charge in [0.15, 0.2) is 0 Å². The van der Waals surface area contributed by atoms with Gasteiger partial charge in [-0.25, -0.2) is 4.52 Å². The number of carbonyl (C=O) groups is 1. The van der Waals surface area contributed by atoms with Crippen molar-refractivity contribution in [1.29, 1.82) is 0 Å². The number of pyridine rings is 1. The lowest BCUT2D eigenvalue weighted by Crippen LogP contribution is -2.20. The first kappa shape index (κ1) is 19.9. The highest BCUT2D eigenvalue weighted by Gasteiger charge is 2.23. The first-order chi connectivity index (χ1) is 14.1. The molecule has 1 fully saturated rings. The molecule has 3 aromatic heterocycles. The van der Waals surface area contributed by atoms with Crippen molar-refractivity contribution in [2.75, 3.05) is 0 Å². The molecule has 0 spiro atoms. The second kappa shape index (κ2) is 8.51. The third-order valence-electron chi connectivity index (χ3n) is 5.37. The van der Waals surface area contributed by atoms with E-state index < -0.39 is 5.97 Å². The molecule has 6 nitrogen and oxygen atoms in total. The maximum atomic E-state index is 11.1. The molecular formula is C22H25ClN4O2. The minimum absolute atomic E-state index is 0.134. The van der Waals surface area contributed by atoms with Crippen LogP contribution in [-0.2, 0) is 24.2 Å². The molecule has 3 aromatic rings. The van der Waals surface area contributed by atoms with E-state index in [1.165, 1.54) is 12.8 Å². The summed E-state index contributed by atoms with van der Waals surface area (Å²) in [6, 6.07) is 6.66. The van der Waals surface area contributed by atoms with Gasteiger partial charge in [0.25, 0.3) is 0 Å². The highest BCUT2D eigenvalue weighted by atomic mass is 35.5. The Morgan fingerprint density at radius 2 is 2.17 bits per heavy atom. The van der Waals surface area contributed by atoms with Crippen molar-refractivity contribution in [1.82, 2.24) is 19.9 Å². The van der Waals surface area contributed by atoms with Crippen LogP contribution in [0.3, 0.4) is 0 Å². The SMILES string of the molecule is CCc1ccc2c(-c3cncc(Cl)c3)c(CCCC(=O)O)c(CNC3CC3)nn12. The molecule has 0 saturated heterocycles. The summed E-state index contributed by atoms with van der Waals surface area (Å²) in [6.45, 7) is 2.79. The largest absolute Gasteiger partial charge is 0.481 e. The van der Waals surface area contributed by atoms with Crippen LogP contribution in [-0.4, -0.2) is 31.7 Å². The molecule has 0 aliphatic heterocycles. The number of fused-ring (bicyclic) bond motifs is 1. The molecule has 1 aliphatic carbocycles. The van der Waals surface area contributed by atoms with E-state index in [9.17, 15) is 4.79 Å². The molecule has 0 amide bonds. The van der Waals surface area contributed by atoms with Crippen LogP contribution in [0.4, 0.5) is 0 Å². The van der Waals surface area contributed by atoms with Crippen LogP contribution in [0.5, 0.6) is 0 Å². The van der Waals surface area contributed by atoms with E-state index in [4.69, 9.17) is 21.8 Å². The zero-order chi connectivity index (χ0) is 20.4. The molecule has 0 radical (unpaired) electrons. The standard InChI is InChI=1S/C22H25ClN4O2/c1-2-17-8-9-20-22(14-10-15(23)12-24-11-14)18(4-3-5-21(28)29)19(26-27(17)20)13-25-16-6-7-16/h8-12,16,25H,2-7,13H2,1H3,(H,28,29). The summed E-state index contributed by atoms with van der Waals surface area (Å²) >= 11 is 6.25. The van der Waals surface area contributed by atoms with Crippen molar-refractivity contribution in [3.05, 3.63) is 52.6 Å². The van der Waals surface area contributed by atoms with Gasteiger partial charge in [0.1, 0.15) is 0 Å². The van der Waals surface area contributed by atoms with E-state index in [0.29, 0.717) is 30.5 Å². The Labute approximate surface area is 174 Å². The number of nitrogens with zero attached hydrogens (tertiary/aromatic N) is 3. The van der Waals surface area contributed by atoms with Crippen LogP contribution in [0.2, 0.25) is 5.02 Å². The molecule has 0 aromatic carbocycles. The van der Waals surface area contributed by atoms with Crippen LogP contribution in [0, 0.1) is 0 Å². The smallest absolute Gasteiger partial charge is 0.303 e. The van der Waals surface area contributed by atoms with Crippen molar-refractivity contribution < 1.29 is 9.90 Å². The summed E-state index contributed by atoms with van der Waals surface area (Å²) in [5.41, 5.74) is 6.18. The Hall–Kier alpha value is -2.44. The van der Waals surface area contributed by atoms with Gasteiger partial charge in [-0.1, -0.05) is 18.5 Å². The van der Waals surface area contributed by atoms with Crippen LogP contribution in [0.25, 0.3) is 16.6 Å². The van der Waals surface area contributed by atoms with Gasteiger partial charge in [-0.15, -0.1) is 0 Å². The van der Waals surface area contributed by atoms with Crippen molar-refractivity contribution in [3.8, 4) is 11.1 Å². The van der Waals surface area contributed by atoms with Crippen LogP contribution < -0.4 is 5.32 Å². The second-order valence-electron chi connectivity index (χ2n) is 7.57. The molecule has 29 heavy (non-hydrogen) atoms. The van der Waals surface area contributed by atoms with Gasteiger partial charge in [-0.3, -0.25) is 9.78 Å². The van der Waals surface area contributed by atoms with Gasteiger partial charge in [0, 0.05) is 48.2 Å². The van der Waals surface area contributed by atoms with Gasteiger partial charge >= 0.3 is 5.97 Å². The Bertz CT molecular complexity index is 1040. The molecule has 0 bridgehead atoms. The third kappa shape index (κ3) is 4.43. The number of carboxylic acids is 1. The normalized spacial score (nSPS) is 13.9. The van der Waals surface area contributed by atoms with Crippen LogP contribution in [0.15, 0.2) is 30.6 Å². The van der Waals surface area contributed by atoms with Crippen LogP contribution >= 0.6 is 11.6 Å². The summed E-state index contributed by atoms with van der Waals surface area (Å²) < 4.78 is 2.01. The lowest BCUT2D eigenvalue weighted by Gasteiger charge is -2.18. The zero-order valence-electron chi connectivity index (χ0n) is 16.5. The minimum Gasteiger partial charge on any atom is -0.481 e. The van der Waals surface area contributed by atoms with Crippen molar-refractivity contribution >= 4 is 23.1 Å². The molecule has 2 N–H and O–H groups in total. The molecule has 0 unspecified atom stereocenters. The zero-order valence-corrected chi connectivity index (χ0v) is 17.2. The number of hydrogen-bond donors (Lipinski definition) is 2. The maximum absolute atomic E-state index is 11.1. The van der Waals surface area contributed by atoms with Gasteiger partial charge in [0.05, 0.1) is 16.2 Å². The first-order valence-electron chi connectivity index (χ1n) is 10.1. The monoisotopic (exact) mass is 412 g/mol. The van der Waals surface area contributed by atoms with E-state index in [1.807, 2.05) is 16.8 Å². The number of nitrogens with one attached hydrogen (secondary N) is 1. The predicted octanol–water partition coefficient (Wildman–Crippen LogP) is 4.27. The van der Waals surface area contributed by atoms with Gasteiger partial charge in [-0.05, 0) is 55.9 Å². The Morgan fingerprint density at radius 3 is 2.86 bits per heavy atom. The predicted molar refractivity (Wildman–Crippen MR) is 113 cm³/mol. The molecule has 7 heteroatoms. The highest BCUT2D eigenvalue weighted by molar-refractivity contribution is 6.30. The molecule has 4 rings (SSSR count). The van der Waals surface area contributed by atoms with Crippen molar-refractivity contribution in [3.63, 3.8) is 0 Å².